The molecule has 3 nitrogen and oxygen atoms in total. The maximum Gasteiger partial charge on any atom is 0.193 e. The molecule has 0 radical (unpaired) electrons. The number of carbonyl (C=O) groups is 1. The highest BCUT2D eigenvalue weighted by Gasteiger charge is 2.47. The van der Waals surface area contributed by atoms with Crippen molar-refractivity contribution in [2.75, 3.05) is 0 Å². The van der Waals surface area contributed by atoms with Crippen LogP contribution in [-0.2, 0) is 5.41 Å². The number of fused-ring (bicyclic) bond motifs is 2. The molecule has 212 valence electrons. The summed E-state index contributed by atoms with van der Waals surface area (Å²) in [5.41, 5.74) is 9.28. The molecule has 0 bridgehead atoms. The van der Waals surface area contributed by atoms with Crippen LogP contribution < -0.4 is 0 Å². The molecule has 0 aliphatic heterocycles. The van der Waals surface area contributed by atoms with Crippen molar-refractivity contribution in [1.82, 2.24) is 9.97 Å². The zero-order valence-corrected chi connectivity index (χ0v) is 24.5. The second kappa shape index (κ2) is 11.0. The third kappa shape index (κ3) is 4.32. The van der Waals surface area contributed by atoms with Crippen LogP contribution in [0, 0.1) is 0 Å². The van der Waals surface area contributed by atoms with Crippen LogP contribution in [0.25, 0.3) is 33.9 Å². The van der Waals surface area contributed by atoms with Gasteiger partial charge in [-0.3, -0.25) is 4.79 Å². The Bertz CT molecular complexity index is 2070. The summed E-state index contributed by atoms with van der Waals surface area (Å²) < 4.78 is 0. The number of aromatic nitrogens is 2. The maximum atomic E-state index is 14.0. The molecule has 8 rings (SSSR count). The second-order valence-electron chi connectivity index (χ2n) is 11.3. The van der Waals surface area contributed by atoms with Crippen LogP contribution in [0.5, 0.6) is 0 Å². The molecule has 1 aliphatic rings. The highest BCUT2D eigenvalue weighted by Crippen LogP contribution is 2.52. The highest BCUT2D eigenvalue weighted by molar-refractivity contribution is 6.14. The van der Waals surface area contributed by atoms with Gasteiger partial charge in [-0.25, -0.2) is 9.97 Å². The first-order valence-corrected chi connectivity index (χ1v) is 15.1. The van der Waals surface area contributed by atoms with Crippen molar-refractivity contribution in [2.24, 2.45) is 0 Å². The van der Waals surface area contributed by atoms with E-state index in [2.05, 4.69) is 84.9 Å². The first-order chi connectivity index (χ1) is 22.2. The Morgan fingerprint density at radius 1 is 0.400 bits per heavy atom. The normalized spacial score (nSPS) is 13.1. The van der Waals surface area contributed by atoms with Crippen LogP contribution in [-0.4, -0.2) is 15.8 Å². The molecule has 3 heteroatoms. The van der Waals surface area contributed by atoms with E-state index in [4.69, 9.17) is 9.97 Å². The summed E-state index contributed by atoms with van der Waals surface area (Å²) in [5, 5.41) is 0. The average Bonchev–Trinajstić information content (AvgIpc) is 3.13. The van der Waals surface area contributed by atoms with Crippen molar-refractivity contribution >= 4 is 5.78 Å². The molecule has 0 atom stereocenters. The first-order valence-electron chi connectivity index (χ1n) is 15.1. The lowest BCUT2D eigenvalue weighted by atomic mass is 9.58. The smallest absolute Gasteiger partial charge is 0.193 e. The summed E-state index contributed by atoms with van der Waals surface area (Å²) >= 11 is 0. The number of hydrogen-bond donors (Lipinski definition) is 0. The number of benzene rings is 6. The summed E-state index contributed by atoms with van der Waals surface area (Å²) in [6.07, 6.45) is 0. The van der Waals surface area contributed by atoms with E-state index < -0.39 is 5.41 Å². The molecular weight excluding hydrogens is 548 g/mol. The minimum Gasteiger partial charge on any atom is -0.289 e. The fraction of sp³-hybridized carbons (Fsp3) is 0.0238. The van der Waals surface area contributed by atoms with E-state index in [1.54, 1.807) is 0 Å². The Morgan fingerprint density at radius 3 is 1.27 bits per heavy atom. The van der Waals surface area contributed by atoms with Crippen LogP contribution in [0.1, 0.15) is 38.2 Å². The van der Waals surface area contributed by atoms with Crippen LogP contribution in [0.2, 0.25) is 0 Å². The third-order valence-corrected chi connectivity index (χ3v) is 8.80. The standard InChI is InChI=1S/C42H28N2O/c45-40-32-22-10-13-25-35(32)42(31-20-8-3-9-21-31,36-26-14-11-23-33(36)40)37-27-15-12-24-34(37)41-43-38(29-16-4-1-5-17-29)28-39(44-41)30-18-6-2-7-19-30/h1-28H. The van der Waals surface area contributed by atoms with Gasteiger partial charge >= 0.3 is 0 Å². The molecule has 6 aromatic carbocycles. The molecule has 0 saturated carbocycles. The molecule has 1 aromatic heterocycles. The van der Waals surface area contributed by atoms with Crippen molar-refractivity contribution in [3.63, 3.8) is 0 Å². The van der Waals surface area contributed by atoms with Gasteiger partial charge in [0.1, 0.15) is 0 Å². The van der Waals surface area contributed by atoms with E-state index in [0.29, 0.717) is 17.0 Å². The quantitative estimate of drug-likeness (QED) is 0.205. The Balaban J connectivity index is 1.48. The number of hydrogen-bond acceptors (Lipinski definition) is 3. The molecular formula is C42H28N2O. The lowest BCUT2D eigenvalue weighted by molar-refractivity contribution is 0.103. The SMILES string of the molecule is O=C1c2ccccc2C(c2ccccc2)(c2ccccc2-c2nc(-c3ccccc3)cc(-c3ccccc3)n2)c2ccccc21. The van der Waals surface area contributed by atoms with Crippen molar-refractivity contribution in [1.29, 1.82) is 0 Å². The van der Waals surface area contributed by atoms with Gasteiger partial charge in [-0.05, 0) is 28.3 Å². The first kappa shape index (κ1) is 26.7. The van der Waals surface area contributed by atoms with Crippen LogP contribution in [0.3, 0.4) is 0 Å². The van der Waals surface area contributed by atoms with Gasteiger partial charge in [-0.15, -0.1) is 0 Å². The molecule has 0 fully saturated rings. The van der Waals surface area contributed by atoms with Gasteiger partial charge in [0.05, 0.1) is 16.8 Å². The zero-order valence-electron chi connectivity index (χ0n) is 24.5. The van der Waals surface area contributed by atoms with Crippen molar-refractivity contribution in [2.45, 2.75) is 5.41 Å². The van der Waals surface area contributed by atoms with Crippen LogP contribution in [0.4, 0.5) is 0 Å². The molecule has 0 saturated heterocycles. The molecule has 0 spiro atoms. The van der Waals surface area contributed by atoms with Crippen LogP contribution in [0.15, 0.2) is 170 Å². The Labute approximate surface area is 262 Å². The van der Waals surface area contributed by atoms with E-state index in [-0.39, 0.29) is 5.78 Å². The van der Waals surface area contributed by atoms with Gasteiger partial charge in [0.15, 0.2) is 11.6 Å². The largest absolute Gasteiger partial charge is 0.289 e. The summed E-state index contributed by atoms with van der Waals surface area (Å²) in [5.74, 6) is 0.673. The monoisotopic (exact) mass is 576 g/mol. The Hall–Kier alpha value is -5.93. The molecule has 0 amide bonds. The minimum absolute atomic E-state index is 0.0407. The van der Waals surface area contributed by atoms with E-state index in [1.165, 1.54) is 0 Å². The van der Waals surface area contributed by atoms with E-state index in [1.807, 2.05) is 84.9 Å². The third-order valence-electron chi connectivity index (χ3n) is 8.80. The molecule has 1 aliphatic carbocycles. The van der Waals surface area contributed by atoms with Gasteiger partial charge in [0.2, 0.25) is 0 Å². The van der Waals surface area contributed by atoms with Gasteiger partial charge in [0.25, 0.3) is 0 Å². The minimum atomic E-state index is -0.794. The van der Waals surface area contributed by atoms with Crippen molar-refractivity contribution in [3.8, 4) is 33.9 Å². The number of rotatable bonds is 5. The number of nitrogens with zero attached hydrogens (tertiary/aromatic N) is 2. The molecule has 7 aromatic rings. The predicted octanol–water partition coefficient (Wildman–Crippen LogP) is 9.40. The zero-order chi connectivity index (χ0) is 30.2. The second-order valence-corrected chi connectivity index (χ2v) is 11.3. The maximum absolute atomic E-state index is 14.0. The molecule has 1 heterocycles. The Morgan fingerprint density at radius 2 is 0.778 bits per heavy atom. The van der Waals surface area contributed by atoms with E-state index >= 15 is 0 Å². The average molecular weight is 577 g/mol. The van der Waals surface area contributed by atoms with E-state index in [0.717, 1.165) is 50.3 Å². The summed E-state index contributed by atoms with van der Waals surface area (Å²) in [4.78, 5) is 24.4. The fourth-order valence-electron chi connectivity index (χ4n) is 6.84. The van der Waals surface area contributed by atoms with Crippen molar-refractivity contribution < 1.29 is 4.79 Å². The summed E-state index contributed by atoms with van der Waals surface area (Å²) in [6.45, 7) is 0. The lowest BCUT2D eigenvalue weighted by Crippen LogP contribution is -2.38. The van der Waals surface area contributed by atoms with Gasteiger partial charge in [0, 0.05) is 27.8 Å². The topological polar surface area (TPSA) is 42.9 Å². The van der Waals surface area contributed by atoms with Gasteiger partial charge in [-0.1, -0.05) is 164 Å². The number of carbonyl (C=O) groups excluding carboxylic acids is 1. The molecule has 0 unspecified atom stereocenters. The van der Waals surface area contributed by atoms with E-state index in [9.17, 15) is 4.79 Å². The summed E-state index contributed by atoms with van der Waals surface area (Å²) in [7, 11) is 0. The van der Waals surface area contributed by atoms with Crippen LogP contribution >= 0.6 is 0 Å². The summed E-state index contributed by atoms with van der Waals surface area (Å²) in [6, 6.07) is 57.5. The Kier molecular flexibility index (Phi) is 6.50. The van der Waals surface area contributed by atoms with Crippen molar-refractivity contribution in [3.05, 3.63) is 203 Å². The highest BCUT2D eigenvalue weighted by atomic mass is 16.1. The number of ketones is 1. The van der Waals surface area contributed by atoms with Gasteiger partial charge in [-0.2, -0.15) is 0 Å². The van der Waals surface area contributed by atoms with Gasteiger partial charge < -0.3 is 0 Å². The predicted molar refractivity (Wildman–Crippen MR) is 180 cm³/mol. The lowest BCUT2D eigenvalue weighted by Gasteiger charge is -2.42. The molecule has 0 N–H and O–H groups in total. The molecule has 45 heavy (non-hydrogen) atoms. The fourth-order valence-corrected chi connectivity index (χ4v) is 6.84.